The number of rotatable bonds is 2. The molecule has 0 bridgehead atoms. The summed E-state index contributed by atoms with van der Waals surface area (Å²) in [5, 5.41) is 11.1. The van der Waals surface area contributed by atoms with Gasteiger partial charge in [-0.2, -0.15) is 0 Å². The molecule has 0 aliphatic heterocycles. The van der Waals surface area contributed by atoms with Crippen molar-refractivity contribution in [3.8, 4) is 0 Å². The number of nitro groups is 1. The van der Waals surface area contributed by atoms with E-state index in [1.807, 2.05) is 0 Å². The largest absolute Gasteiger partial charge is 0.463 e. The minimum atomic E-state index is -0.612. The summed E-state index contributed by atoms with van der Waals surface area (Å²) in [5.74, 6) is -0.586. The first kappa shape index (κ1) is 10.2. The molecular weight excluding hydrogens is 214 g/mol. The summed E-state index contributed by atoms with van der Waals surface area (Å²) in [6, 6.07) is 5.61. The van der Waals surface area contributed by atoms with Gasteiger partial charge in [-0.3, -0.25) is 10.1 Å². The maximum atomic E-state index is 11.2. The maximum Gasteiger partial charge on any atom is 0.373 e. The second-order valence-electron chi connectivity index (χ2n) is 3.08. The Morgan fingerprint density at radius 3 is 2.81 bits per heavy atom. The molecule has 0 spiro atoms. The van der Waals surface area contributed by atoms with Crippen LogP contribution in [0.5, 0.6) is 0 Å². The number of non-ortho nitro benzene ring substituents is 1. The zero-order valence-electron chi connectivity index (χ0n) is 8.30. The van der Waals surface area contributed by atoms with Gasteiger partial charge in [0.15, 0.2) is 0 Å². The summed E-state index contributed by atoms with van der Waals surface area (Å²) >= 11 is 0. The number of ether oxygens (including phenoxy) is 1. The van der Waals surface area contributed by atoms with Crippen LogP contribution >= 0.6 is 0 Å². The minimum Gasteiger partial charge on any atom is -0.463 e. The number of carbonyl (C=O) groups is 1. The molecule has 82 valence electrons. The molecule has 6 heteroatoms. The van der Waals surface area contributed by atoms with Gasteiger partial charge in [0.25, 0.3) is 5.69 Å². The molecule has 6 nitrogen and oxygen atoms in total. The average molecular weight is 221 g/mol. The summed E-state index contributed by atoms with van der Waals surface area (Å²) < 4.78 is 9.61. The number of furan rings is 1. The van der Waals surface area contributed by atoms with E-state index in [2.05, 4.69) is 4.74 Å². The number of carbonyl (C=O) groups excluding carboxylic acids is 1. The third-order valence-corrected chi connectivity index (χ3v) is 2.10. The Morgan fingerprint density at radius 1 is 1.44 bits per heavy atom. The summed E-state index contributed by atoms with van der Waals surface area (Å²) in [7, 11) is 1.23. The van der Waals surface area contributed by atoms with Crippen LogP contribution < -0.4 is 0 Å². The molecule has 2 rings (SSSR count). The van der Waals surface area contributed by atoms with Crippen LogP contribution in [0.15, 0.2) is 28.7 Å². The number of nitrogens with zero attached hydrogens (tertiary/aromatic N) is 1. The fraction of sp³-hybridized carbons (Fsp3) is 0.100. The van der Waals surface area contributed by atoms with Crippen LogP contribution in [0.25, 0.3) is 11.0 Å². The third-order valence-electron chi connectivity index (χ3n) is 2.10. The molecular formula is C10H7NO5. The van der Waals surface area contributed by atoms with Gasteiger partial charge in [0.1, 0.15) is 5.58 Å². The molecule has 0 unspecified atom stereocenters. The number of hydrogen-bond donors (Lipinski definition) is 0. The molecule has 0 aliphatic carbocycles. The first-order valence-corrected chi connectivity index (χ1v) is 4.38. The molecule has 0 N–H and O–H groups in total. The van der Waals surface area contributed by atoms with Gasteiger partial charge in [-0.15, -0.1) is 0 Å². The summed E-state index contributed by atoms with van der Waals surface area (Å²) in [6.45, 7) is 0. The second kappa shape index (κ2) is 3.65. The van der Waals surface area contributed by atoms with Gasteiger partial charge in [-0.05, 0) is 12.1 Å². The lowest BCUT2D eigenvalue weighted by molar-refractivity contribution is -0.384. The third kappa shape index (κ3) is 1.60. The highest BCUT2D eigenvalue weighted by Gasteiger charge is 2.14. The molecule has 0 aliphatic rings. The van der Waals surface area contributed by atoms with E-state index >= 15 is 0 Å². The molecule has 0 fully saturated rings. The van der Waals surface area contributed by atoms with E-state index in [9.17, 15) is 14.9 Å². The molecule has 1 aromatic heterocycles. The van der Waals surface area contributed by atoms with E-state index in [1.165, 1.54) is 31.4 Å². The Kier molecular flexibility index (Phi) is 2.32. The summed E-state index contributed by atoms with van der Waals surface area (Å²) in [5.41, 5.74) is 0.202. The molecule has 0 saturated heterocycles. The van der Waals surface area contributed by atoms with Crippen molar-refractivity contribution in [1.29, 1.82) is 0 Å². The lowest BCUT2D eigenvalue weighted by Crippen LogP contribution is -1.97. The second-order valence-corrected chi connectivity index (χ2v) is 3.08. The van der Waals surface area contributed by atoms with E-state index in [0.717, 1.165) is 0 Å². The van der Waals surface area contributed by atoms with E-state index in [1.54, 1.807) is 0 Å². The number of benzene rings is 1. The number of nitro benzene ring substituents is 1. The van der Waals surface area contributed by atoms with E-state index in [0.29, 0.717) is 5.39 Å². The molecule has 2 aromatic rings. The van der Waals surface area contributed by atoms with Crippen LogP contribution in [0.2, 0.25) is 0 Å². The van der Waals surface area contributed by atoms with E-state index in [4.69, 9.17) is 4.42 Å². The van der Waals surface area contributed by atoms with Crippen LogP contribution in [0.4, 0.5) is 5.69 Å². The SMILES string of the molecule is COC(=O)c1cc2ccc([N+](=O)[O-])cc2o1. The van der Waals surface area contributed by atoms with Crippen molar-refractivity contribution in [2.45, 2.75) is 0 Å². The zero-order chi connectivity index (χ0) is 11.7. The topological polar surface area (TPSA) is 82.6 Å². The van der Waals surface area contributed by atoms with Gasteiger partial charge in [0.2, 0.25) is 5.76 Å². The smallest absolute Gasteiger partial charge is 0.373 e. The number of esters is 1. The molecule has 0 amide bonds. The Bertz CT molecular complexity index is 572. The maximum absolute atomic E-state index is 11.2. The summed E-state index contributed by atoms with van der Waals surface area (Å²) in [4.78, 5) is 21.1. The molecule has 1 aromatic carbocycles. The Morgan fingerprint density at radius 2 is 2.19 bits per heavy atom. The van der Waals surface area contributed by atoms with Gasteiger partial charge in [0, 0.05) is 11.5 Å². The van der Waals surface area contributed by atoms with Crippen LogP contribution in [-0.4, -0.2) is 18.0 Å². The van der Waals surface area contributed by atoms with E-state index < -0.39 is 10.9 Å². The van der Waals surface area contributed by atoms with Gasteiger partial charge >= 0.3 is 5.97 Å². The highest BCUT2D eigenvalue weighted by molar-refractivity contribution is 5.93. The Balaban J connectivity index is 2.54. The fourth-order valence-corrected chi connectivity index (χ4v) is 1.33. The Labute approximate surface area is 89.6 Å². The first-order valence-electron chi connectivity index (χ1n) is 4.38. The van der Waals surface area contributed by atoms with Gasteiger partial charge in [0.05, 0.1) is 18.1 Å². The van der Waals surface area contributed by atoms with Crippen molar-refractivity contribution in [3.63, 3.8) is 0 Å². The van der Waals surface area contributed by atoms with Gasteiger partial charge < -0.3 is 9.15 Å². The number of fused-ring (bicyclic) bond motifs is 1. The lowest BCUT2D eigenvalue weighted by Gasteiger charge is -1.91. The fourth-order valence-electron chi connectivity index (χ4n) is 1.33. The molecule has 0 atom stereocenters. The lowest BCUT2D eigenvalue weighted by atomic mass is 10.2. The quantitative estimate of drug-likeness (QED) is 0.440. The number of methoxy groups -OCH3 is 1. The van der Waals surface area contributed by atoms with Crippen molar-refractivity contribution in [2.24, 2.45) is 0 Å². The average Bonchev–Trinajstić information content (AvgIpc) is 2.70. The van der Waals surface area contributed by atoms with Gasteiger partial charge in [-0.1, -0.05) is 0 Å². The van der Waals surface area contributed by atoms with Gasteiger partial charge in [-0.25, -0.2) is 4.79 Å². The van der Waals surface area contributed by atoms with Crippen molar-refractivity contribution in [3.05, 3.63) is 40.1 Å². The zero-order valence-corrected chi connectivity index (χ0v) is 8.30. The molecule has 16 heavy (non-hydrogen) atoms. The highest BCUT2D eigenvalue weighted by Crippen LogP contribution is 2.24. The molecule has 0 saturated carbocycles. The van der Waals surface area contributed by atoms with Crippen LogP contribution in [-0.2, 0) is 4.74 Å². The first-order chi connectivity index (χ1) is 7.61. The van der Waals surface area contributed by atoms with Crippen molar-refractivity contribution in [2.75, 3.05) is 7.11 Å². The highest BCUT2D eigenvalue weighted by atomic mass is 16.6. The van der Waals surface area contributed by atoms with Crippen molar-refractivity contribution in [1.82, 2.24) is 0 Å². The molecule has 1 heterocycles. The normalized spacial score (nSPS) is 10.3. The van der Waals surface area contributed by atoms with E-state index in [-0.39, 0.29) is 17.0 Å². The summed E-state index contributed by atoms with van der Waals surface area (Å²) in [6.07, 6.45) is 0. The predicted molar refractivity (Wildman–Crippen MR) is 54.2 cm³/mol. The molecule has 0 radical (unpaired) electrons. The minimum absolute atomic E-state index is 0.0259. The van der Waals surface area contributed by atoms with Crippen LogP contribution in [0, 0.1) is 10.1 Å². The van der Waals surface area contributed by atoms with Crippen molar-refractivity contribution >= 4 is 22.6 Å². The van der Waals surface area contributed by atoms with Crippen LogP contribution in [0.1, 0.15) is 10.6 Å². The number of hydrogen-bond acceptors (Lipinski definition) is 5. The monoisotopic (exact) mass is 221 g/mol. The predicted octanol–water partition coefficient (Wildman–Crippen LogP) is 2.13. The van der Waals surface area contributed by atoms with Crippen molar-refractivity contribution < 1.29 is 18.9 Å². The standard InChI is InChI=1S/C10H7NO5/c1-15-10(12)9-4-6-2-3-7(11(13)14)5-8(6)16-9/h2-5H,1H3. The van der Waals surface area contributed by atoms with Crippen LogP contribution in [0.3, 0.4) is 0 Å². The Hall–Kier alpha value is -2.37.